The highest BCUT2D eigenvalue weighted by atomic mass is 35.5. The summed E-state index contributed by atoms with van der Waals surface area (Å²) in [6.45, 7) is 3.27. The van der Waals surface area contributed by atoms with Crippen molar-refractivity contribution in [3.05, 3.63) is 76.4 Å². The predicted molar refractivity (Wildman–Crippen MR) is 129 cm³/mol. The number of nitrogens with two attached hydrogens (primary N) is 1. The molecule has 2 N–H and O–H groups in total. The molecule has 2 aromatic carbocycles. The highest BCUT2D eigenvalue weighted by Gasteiger charge is 2.24. The molecule has 0 unspecified atom stereocenters. The second-order valence-electron chi connectivity index (χ2n) is 7.94. The molecule has 8 heteroatoms. The maximum atomic E-state index is 12.8. The van der Waals surface area contributed by atoms with Crippen LogP contribution in [0.5, 0.6) is 0 Å². The molecule has 0 bridgehead atoms. The SMILES string of the molecule is Nc1ncnc2cc(CN3CCN(Cc4cccc(-c5ccc(Cl)s5)c4)CC3=O)ccc12. The summed E-state index contributed by atoms with van der Waals surface area (Å²) in [6, 6.07) is 18.3. The topological polar surface area (TPSA) is 75.3 Å². The third-order valence-corrected chi connectivity index (χ3v) is 6.97. The van der Waals surface area contributed by atoms with Crippen LogP contribution in [0, 0.1) is 0 Å². The fraction of sp³-hybridized carbons (Fsp3) is 0.208. The molecule has 0 spiro atoms. The van der Waals surface area contributed by atoms with Crippen LogP contribution in [0.15, 0.2) is 60.9 Å². The van der Waals surface area contributed by atoms with Crippen molar-refractivity contribution in [2.24, 2.45) is 0 Å². The van der Waals surface area contributed by atoms with Crippen LogP contribution in [-0.4, -0.2) is 45.3 Å². The Kier molecular flexibility index (Phi) is 5.78. The van der Waals surface area contributed by atoms with E-state index in [1.807, 2.05) is 35.2 Å². The zero-order valence-electron chi connectivity index (χ0n) is 17.4. The third-order valence-electron chi connectivity index (χ3n) is 5.69. The van der Waals surface area contributed by atoms with Crippen molar-refractivity contribution in [3.8, 4) is 10.4 Å². The number of rotatable bonds is 5. The number of hydrogen-bond donors (Lipinski definition) is 1. The summed E-state index contributed by atoms with van der Waals surface area (Å²) in [5.74, 6) is 0.609. The monoisotopic (exact) mass is 463 g/mol. The van der Waals surface area contributed by atoms with E-state index >= 15 is 0 Å². The molecule has 2 aromatic heterocycles. The first-order chi connectivity index (χ1) is 15.5. The van der Waals surface area contributed by atoms with Gasteiger partial charge in [0.25, 0.3) is 0 Å². The molecular weight excluding hydrogens is 442 g/mol. The highest BCUT2D eigenvalue weighted by molar-refractivity contribution is 7.19. The molecule has 162 valence electrons. The Morgan fingerprint density at radius 3 is 2.69 bits per heavy atom. The Labute approximate surface area is 195 Å². The number of aromatic nitrogens is 2. The van der Waals surface area contributed by atoms with E-state index in [4.69, 9.17) is 17.3 Å². The summed E-state index contributed by atoms with van der Waals surface area (Å²) >= 11 is 7.66. The summed E-state index contributed by atoms with van der Waals surface area (Å²) in [4.78, 5) is 26.4. The van der Waals surface area contributed by atoms with Gasteiger partial charge in [-0.3, -0.25) is 9.69 Å². The number of carbonyl (C=O) groups is 1. The van der Waals surface area contributed by atoms with E-state index < -0.39 is 0 Å². The predicted octanol–water partition coefficient (Wildman–Crippen LogP) is 4.44. The molecule has 1 amide bonds. The molecular formula is C24H22ClN5OS. The quantitative estimate of drug-likeness (QED) is 0.473. The second kappa shape index (κ2) is 8.86. The largest absolute Gasteiger partial charge is 0.383 e. The van der Waals surface area contributed by atoms with Crippen molar-refractivity contribution in [2.75, 3.05) is 25.4 Å². The number of carbonyl (C=O) groups excluding carboxylic acids is 1. The van der Waals surface area contributed by atoms with E-state index in [1.165, 1.54) is 11.9 Å². The Morgan fingerprint density at radius 1 is 1.00 bits per heavy atom. The van der Waals surface area contributed by atoms with Gasteiger partial charge >= 0.3 is 0 Å². The Morgan fingerprint density at radius 2 is 1.88 bits per heavy atom. The molecule has 6 nitrogen and oxygen atoms in total. The van der Waals surface area contributed by atoms with Gasteiger partial charge in [0.1, 0.15) is 12.1 Å². The van der Waals surface area contributed by atoms with E-state index in [0.29, 0.717) is 25.5 Å². The number of thiophene rings is 1. The van der Waals surface area contributed by atoms with Gasteiger partial charge in [-0.05, 0) is 47.0 Å². The molecule has 3 heterocycles. The number of halogens is 1. The average molecular weight is 464 g/mol. The summed E-state index contributed by atoms with van der Waals surface area (Å²) in [6.07, 6.45) is 1.47. The fourth-order valence-corrected chi connectivity index (χ4v) is 5.09. The molecule has 1 fully saturated rings. The molecule has 0 aliphatic carbocycles. The van der Waals surface area contributed by atoms with Gasteiger partial charge in [0.2, 0.25) is 5.91 Å². The van der Waals surface area contributed by atoms with Crippen molar-refractivity contribution >= 4 is 45.6 Å². The van der Waals surface area contributed by atoms with Gasteiger partial charge in [0.15, 0.2) is 0 Å². The minimum Gasteiger partial charge on any atom is -0.383 e. The lowest BCUT2D eigenvalue weighted by Crippen LogP contribution is -2.49. The molecule has 4 aromatic rings. The standard InChI is InChI=1S/C24H22ClN5OS/c25-22-7-6-21(32-22)18-3-1-2-16(10-18)12-29-8-9-30(23(31)14-29)13-17-4-5-19-20(11-17)27-15-28-24(19)26/h1-7,10-11,15H,8-9,12-14H2,(H2,26,27,28). The normalized spacial score (nSPS) is 14.9. The van der Waals surface area contributed by atoms with Gasteiger partial charge in [-0.2, -0.15) is 0 Å². The number of amides is 1. The van der Waals surface area contributed by atoms with Crippen LogP contribution in [0.1, 0.15) is 11.1 Å². The summed E-state index contributed by atoms with van der Waals surface area (Å²) in [5, 5.41) is 0.833. The second-order valence-corrected chi connectivity index (χ2v) is 9.66. The van der Waals surface area contributed by atoms with Crippen LogP contribution < -0.4 is 5.73 Å². The lowest BCUT2D eigenvalue weighted by atomic mass is 10.1. The zero-order valence-corrected chi connectivity index (χ0v) is 18.9. The zero-order chi connectivity index (χ0) is 22.1. The number of nitrogens with zero attached hydrogens (tertiary/aromatic N) is 4. The molecule has 5 rings (SSSR count). The average Bonchev–Trinajstić information content (AvgIpc) is 3.22. The Balaban J connectivity index is 1.23. The number of anilines is 1. The van der Waals surface area contributed by atoms with Gasteiger partial charge in [-0.1, -0.05) is 35.9 Å². The fourth-order valence-electron chi connectivity index (χ4n) is 4.05. The van der Waals surface area contributed by atoms with Crippen LogP contribution in [-0.2, 0) is 17.9 Å². The molecule has 0 atom stereocenters. The molecule has 32 heavy (non-hydrogen) atoms. The Hall–Kier alpha value is -3.00. The van der Waals surface area contributed by atoms with Crippen LogP contribution in [0.4, 0.5) is 5.82 Å². The van der Waals surface area contributed by atoms with Crippen molar-refractivity contribution in [1.82, 2.24) is 19.8 Å². The number of piperazine rings is 1. The van der Waals surface area contributed by atoms with Crippen LogP contribution >= 0.6 is 22.9 Å². The summed E-state index contributed by atoms with van der Waals surface area (Å²) in [5.41, 5.74) is 10.1. The van der Waals surface area contributed by atoms with Crippen molar-refractivity contribution in [3.63, 3.8) is 0 Å². The minimum atomic E-state index is 0.139. The van der Waals surface area contributed by atoms with Crippen molar-refractivity contribution in [2.45, 2.75) is 13.1 Å². The van der Waals surface area contributed by atoms with Gasteiger partial charge in [-0.15, -0.1) is 11.3 Å². The van der Waals surface area contributed by atoms with Gasteiger partial charge in [0, 0.05) is 36.4 Å². The molecule has 1 aliphatic rings. The van der Waals surface area contributed by atoms with Crippen LogP contribution in [0.3, 0.4) is 0 Å². The molecule has 1 aliphatic heterocycles. The van der Waals surface area contributed by atoms with Crippen molar-refractivity contribution in [1.29, 1.82) is 0 Å². The number of fused-ring (bicyclic) bond motifs is 1. The van der Waals surface area contributed by atoms with E-state index in [-0.39, 0.29) is 5.91 Å². The summed E-state index contributed by atoms with van der Waals surface area (Å²) < 4.78 is 0.787. The first kappa shape index (κ1) is 20.9. The lowest BCUT2D eigenvalue weighted by Gasteiger charge is -2.34. The van der Waals surface area contributed by atoms with E-state index in [9.17, 15) is 4.79 Å². The summed E-state index contributed by atoms with van der Waals surface area (Å²) in [7, 11) is 0. The highest BCUT2D eigenvalue weighted by Crippen LogP contribution is 2.31. The molecule has 0 radical (unpaired) electrons. The maximum absolute atomic E-state index is 12.8. The van der Waals surface area contributed by atoms with E-state index in [2.05, 4.69) is 39.1 Å². The first-order valence-corrected chi connectivity index (χ1v) is 11.6. The van der Waals surface area contributed by atoms with Crippen molar-refractivity contribution < 1.29 is 4.79 Å². The number of hydrogen-bond acceptors (Lipinski definition) is 6. The number of benzene rings is 2. The van der Waals surface area contributed by atoms with Crippen LogP contribution in [0.2, 0.25) is 4.34 Å². The van der Waals surface area contributed by atoms with Gasteiger partial charge in [0.05, 0.1) is 16.4 Å². The molecule has 0 saturated carbocycles. The Bertz CT molecular complexity index is 1290. The third kappa shape index (κ3) is 4.46. The smallest absolute Gasteiger partial charge is 0.237 e. The maximum Gasteiger partial charge on any atom is 0.237 e. The van der Waals surface area contributed by atoms with Gasteiger partial charge in [-0.25, -0.2) is 9.97 Å². The number of nitrogen functional groups attached to an aromatic ring is 1. The lowest BCUT2D eigenvalue weighted by molar-refractivity contribution is -0.136. The molecule has 1 saturated heterocycles. The van der Waals surface area contributed by atoms with Crippen LogP contribution in [0.25, 0.3) is 21.3 Å². The van der Waals surface area contributed by atoms with Gasteiger partial charge < -0.3 is 10.6 Å². The first-order valence-electron chi connectivity index (χ1n) is 10.4. The van der Waals surface area contributed by atoms with E-state index in [1.54, 1.807) is 11.3 Å². The minimum absolute atomic E-state index is 0.139. The van der Waals surface area contributed by atoms with E-state index in [0.717, 1.165) is 44.3 Å².